The van der Waals surface area contributed by atoms with Crippen LogP contribution in [0.4, 0.5) is 9.18 Å². The number of halogens is 1. The minimum Gasteiger partial charge on any atom is -0.465 e. The Balaban J connectivity index is 1.65. The highest BCUT2D eigenvalue weighted by molar-refractivity contribution is 6.76. The fourth-order valence-corrected chi connectivity index (χ4v) is 5.97. The van der Waals surface area contributed by atoms with Crippen molar-refractivity contribution in [1.29, 1.82) is 0 Å². The Morgan fingerprint density at radius 2 is 1.92 bits per heavy atom. The third-order valence-corrected chi connectivity index (χ3v) is 8.92. The lowest BCUT2D eigenvalue weighted by molar-refractivity contribution is 0.0898. The summed E-state index contributed by atoms with van der Waals surface area (Å²) in [7, 11) is -1.19. The maximum atomic E-state index is 13.8. The lowest BCUT2D eigenvalue weighted by atomic mass is 9.93. The van der Waals surface area contributed by atoms with E-state index >= 15 is 0 Å². The second-order valence-electron chi connectivity index (χ2n) is 11.2. The zero-order chi connectivity index (χ0) is 27.2. The summed E-state index contributed by atoms with van der Waals surface area (Å²) in [5, 5.41) is 15.7. The number of hydrogen-bond acceptors (Lipinski definition) is 4. The van der Waals surface area contributed by atoms with Gasteiger partial charge in [0.05, 0.1) is 18.3 Å². The van der Waals surface area contributed by atoms with Gasteiger partial charge in [0.1, 0.15) is 23.9 Å². The number of aryl methyl sites for hydroxylation is 1. The summed E-state index contributed by atoms with van der Waals surface area (Å²) >= 11 is 0. The molecule has 5 rings (SSSR count). The van der Waals surface area contributed by atoms with Gasteiger partial charge in [-0.25, -0.2) is 14.2 Å². The Hall–Kier alpha value is -3.50. The quantitative estimate of drug-likeness (QED) is 0.219. The fraction of sp³-hybridized carbons (Fsp3) is 0.393. The first-order chi connectivity index (χ1) is 18.0. The van der Waals surface area contributed by atoms with Crippen LogP contribution in [0.15, 0.2) is 42.7 Å². The van der Waals surface area contributed by atoms with Crippen molar-refractivity contribution in [3.05, 3.63) is 59.8 Å². The molecule has 8 nitrogen and oxygen atoms in total. The summed E-state index contributed by atoms with van der Waals surface area (Å²) in [5.41, 5.74) is 5.91. The molecular formula is C28H34FN5O3Si. The summed E-state index contributed by atoms with van der Waals surface area (Å²) in [6, 6.07) is 8.92. The first kappa shape index (κ1) is 26.1. The molecule has 0 radical (unpaired) electrons. The molecule has 38 heavy (non-hydrogen) atoms. The van der Waals surface area contributed by atoms with Crippen LogP contribution in [0.2, 0.25) is 25.7 Å². The highest BCUT2D eigenvalue weighted by atomic mass is 28.3. The van der Waals surface area contributed by atoms with Crippen LogP contribution in [0.25, 0.3) is 33.4 Å². The maximum absolute atomic E-state index is 13.8. The number of fused-ring (bicyclic) bond motifs is 2. The number of aromatic nitrogens is 4. The predicted octanol–water partition coefficient (Wildman–Crippen LogP) is 6.38. The maximum Gasteiger partial charge on any atom is 0.407 e. The molecule has 1 atom stereocenters. The standard InChI is InChI=1S/C28H34FN5O3Si/c1-18-16-32(17-37-14-15-38(3,4)5)27-23(18)22(10-11-30-27)24-25(20-6-8-21(29)9-7-20)31-34-13-12-33(28(35)36)19(2)26(24)34/h6-11,16,19H,12-15,17H2,1-5H3,(H,35,36)/t19-/m0/s1. The van der Waals surface area contributed by atoms with Crippen LogP contribution in [0.1, 0.15) is 24.2 Å². The number of amides is 1. The van der Waals surface area contributed by atoms with E-state index in [1.807, 2.05) is 29.2 Å². The molecule has 1 amide bonds. The number of hydrogen-bond donors (Lipinski definition) is 1. The highest BCUT2D eigenvalue weighted by Crippen LogP contribution is 2.43. The Morgan fingerprint density at radius 1 is 1.18 bits per heavy atom. The second-order valence-corrected chi connectivity index (χ2v) is 16.8. The summed E-state index contributed by atoms with van der Waals surface area (Å²) in [6.07, 6.45) is 2.87. The molecular weight excluding hydrogens is 501 g/mol. The van der Waals surface area contributed by atoms with E-state index < -0.39 is 20.2 Å². The van der Waals surface area contributed by atoms with Gasteiger partial charge in [-0.3, -0.25) is 9.58 Å². The molecule has 0 fully saturated rings. The van der Waals surface area contributed by atoms with Crippen molar-refractivity contribution in [3.8, 4) is 22.4 Å². The van der Waals surface area contributed by atoms with Gasteiger partial charge < -0.3 is 14.4 Å². The predicted molar refractivity (Wildman–Crippen MR) is 148 cm³/mol. The topological polar surface area (TPSA) is 85.4 Å². The normalized spacial score (nSPS) is 15.7. The third-order valence-electron chi connectivity index (χ3n) is 7.21. The van der Waals surface area contributed by atoms with Gasteiger partial charge in [-0.05, 0) is 61.4 Å². The van der Waals surface area contributed by atoms with Crippen LogP contribution in [0.3, 0.4) is 0 Å². The van der Waals surface area contributed by atoms with Crippen LogP contribution >= 0.6 is 0 Å². The van der Waals surface area contributed by atoms with Crippen molar-refractivity contribution in [2.45, 2.75) is 58.9 Å². The molecule has 1 aliphatic heterocycles. The monoisotopic (exact) mass is 535 g/mol. The highest BCUT2D eigenvalue weighted by Gasteiger charge is 2.34. The summed E-state index contributed by atoms with van der Waals surface area (Å²) in [5.74, 6) is -0.321. The molecule has 1 aliphatic rings. The summed E-state index contributed by atoms with van der Waals surface area (Å²) in [4.78, 5) is 18.2. The van der Waals surface area contributed by atoms with Gasteiger partial charge in [-0.2, -0.15) is 5.10 Å². The smallest absolute Gasteiger partial charge is 0.407 e. The molecule has 1 N–H and O–H groups in total. The Kier molecular flexibility index (Phi) is 6.87. The van der Waals surface area contributed by atoms with E-state index in [0.717, 1.165) is 45.0 Å². The number of benzene rings is 1. The van der Waals surface area contributed by atoms with Gasteiger partial charge >= 0.3 is 6.09 Å². The molecule has 0 spiro atoms. The van der Waals surface area contributed by atoms with Gasteiger partial charge in [0.15, 0.2) is 0 Å². The van der Waals surface area contributed by atoms with E-state index in [-0.39, 0.29) is 5.82 Å². The molecule has 0 aliphatic carbocycles. The molecule has 200 valence electrons. The molecule has 0 bridgehead atoms. The minimum absolute atomic E-state index is 0.321. The first-order valence-electron chi connectivity index (χ1n) is 12.9. The fourth-order valence-electron chi connectivity index (χ4n) is 5.22. The number of nitrogens with zero attached hydrogens (tertiary/aromatic N) is 5. The number of pyridine rings is 1. The van der Waals surface area contributed by atoms with E-state index in [9.17, 15) is 14.3 Å². The van der Waals surface area contributed by atoms with Gasteiger partial charge in [0.2, 0.25) is 0 Å². The zero-order valence-electron chi connectivity index (χ0n) is 22.5. The van der Waals surface area contributed by atoms with Crippen molar-refractivity contribution in [2.75, 3.05) is 13.2 Å². The van der Waals surface area contributed by atoms with Crippen molar-refractivity contribution in [2.24, 2.45) is 0 Å². The lowest BCUT2D eigenvalue weighted by Gasteiger charge is -2.32. The van der Waals surface area contributed by atoms with Gasteiger partial charge in [-0.15, -0.1) is 0 Å². The van der Waals surface area contributed by atoms with Crippen molar-refractivity contribution in [1.82, 2.24) is 24.2 Å². The SMILES string of the molecule is Cc1cn(COCC[Si](C)(C)C)c2nccc(-c3c(-c4ccc(F)cc4)nn4c3[C@H](C)N(C(=O)O)CC4)c12. The Bertz CT molecular complexity index is 1490. The van der Waals surface area contributed by atoms with Crippen LogP contribution in [0.5, 0.6) is 0 Å². The van der Waals surface area contributed by atoms with Gasteiger partial charge in [-0.1, -0.05) is 19.6 Å². The largest absolute Gasteiger partial charge is 0.465 e. The molecule has 0 unspecified atom stereocenters. The zero-order valence-corrected chi connectivity index (χ0v) is 23.5. The van der Waals surface area contributed by atoms with E-state index in [0.29, 0.717) is 32.1 Å². The number of carbonyl (C=O) groups is 1. The number of ether oxygens (including phenoxy) is 1. The Labute approximate surface area is 222 Å². The van der Waals surface area contributed by atoms with E-state index in [1.54, 1.807) is 18.3 Å². The second kappa shape index (κ2) is 9.99. The van der Waals surface area contributed by atoms with E-state index in [2.05, 4.69) is 25.8 Å². The average molecular weight is 536 g/mol. The van der Waals surface area contributed by atoms with Crippen molar-refractivity contribution < 1.29 is 19.0 Å². The molecule has 0 saturated heterocycles. The van der Waals surface area contributed by atoms with Crippen LogP contribution < -0.4 is 0 Å². The molecule has 10 heteroatoms. The molecule has 3 aromatic heterocycles. The summed E-state index contributed by atoms with van der Waals surface area (Å²) < 4.78 is 23.8. The lowest BCUT2D eigenvalue weighted by Crippen LogP contribution is -2.40. The third kappa shape index (κ3) is 4.85. The van der Waals surface area contributed by atoms with E-state index in [1.165, 1.54) is 17.0 Å². The van der Waals surface area contributed by atoms with Crippen LogP contribution in [-0.4, -0.2) is 56.7 Å². The molecule has 0 saturated carbocycles. The number of carboxylic acid groups (broad SMARTS) is 1. The molecule has 4 heterocycles. The minimum atomic E-state index is -1.19. The molecule has 4 aromatic rings. The average Bonchev–Trinajstić information content (AvgIpc) is 3.40. The van der Waals surface area contributed by atoms with Gasteiger partial charge in [0.25, 0.3) is 0 Å². The van der Waals surface area contributed by atoms with Crippen LogP contribution in [-0.2, 0) is 18.0 Å². The Morgan fingerprint density at radius 3 is 2.61 bits per heavy atom. The van der Waals surface area contributed by atoms with Crippen molar-refractivity contribution >= 4 is 25.2 Å². The van der Waals surface area contributed by atoms with Crippen LogP contribution in [0, 0.1) is 12.7 Å². The van der Waals surface area contributed by atoms with Crippen molar-refractivity contribution in [3.63, 3.8) is 0 Å². The molecule has 1 aromatic carbocycles. The van der Waals surface area contributed by atoms with Gasteiger partial charge in [0, 0.05) is 50.1 Å². The number of rotatable bonds is 7. The summed E-state index contributed by atoms with van der Waals surface area (Å²) in [6.45, 7) is 12.8. The first-order valence-corrected chi connectivity index (χ1v) is 16.6. The van der Waals surface area contributed by atoms with E-state index in [4.69, 9.17) is 14.8 Å².